The molecule has 0 aromatic carbocycles. The molecule has 0 aromatic rings. The van der Waals surface area contributed by atoms with Crippen LogP contribution in [0.3, 0.4) is 0 Å². The van der Waals surface area contributed by atoms with Crippen molar-refractivity contribution >= 4 is 0 Å². The molecule has 0 saturated heterocycles. The van der Waals surface area contributed by atoms with Gasteiger partial charge in [-0.15, -0.1) is 0 Å². The summed E-state index contributed by atoms with van der Waals surface area (Å²) in [6.07, 6.45) is 16.8. The van der Waals surface area contributed by atoms with Crippen molar-refractivity contribution in [3.05, 3.63) is 12.8 Å². The van der Waals surface area contributed by atoms with Crippen molar-refractivity contribution in [3.63, 3.8) is 0 Å². The molecule has 0 bridgehead atoms. The van der Waals surface area contributed by atoms with Crippen molar-refractivity contribution < 1.29 is 0 Å². The van der Waals surface area contributed by atoms with E-state index in [0.29, 0.717) is 0 Å². The van der Waals surface area contributed by atoms with Gasteiger partial charge in [-0.2, -0.15) is 0 Å². The molecule has 2 radical (unpaired) electrons. The van der Waals surface area contributed by atoms with E-state index < -0.39 is 0 Å². The fraction of sp³-hybridized carbons (Fsp3) is 0.833. The second-order valence-electron chi connectivity index (χ2n) is 4.37. The van der Waals surface area contributed by atoms with Crippen LogP contribution in [0.5, 0.6) is 0 Å². The van der Waals surface area contributed by atoms with Crippen LogP contribution in [0.2, 0.25) is 0 Å². The van der Waals surface area contributed by atoms with Gasteiger partial charge in [0.25, 0.3) is 0 Å². The SMILES string of the molecule is [CH]1CCCCC1C1[CH]CCCC1. The third-order valence-corrected chi connectivity index (χ3v) is 3.47. The number of rotatable bonds is 1. The van der Waals surface area contributed by atoms with Crippen LogP contribution in [0.1, 0.15) is 51.4 Å². The molecule has 0 heteroatoms. The minimum atomic E-state index is 0.957. The van der Waals surface area contributed by atoms with Crippen molar-refractivity contribution in [1.29, 1.82) is 0 Å². The fourth-order valence-electron chi connectivity index (χ4n) is 2.73. The van der Waals surface area contributed by atoms with Crippen LogP contribution in [-0.2, 0) is 0 Å². The fourth-order valence-corrected chi connectivity index (χ4v) is 2.73. The standard InChI is InChI=1S/C12H20/c1-3-7-11(8-4-1)12-9-5-2-6-10-12/h7,9,11-12H,1-6,8,10H2. The Balaban J connectivity index is 1.80. The largest absolute Gasteiger partial charge is 0.0530 e. The van der Waals surface area contributed by atoms with Crippen molar-refractivity contribution in [2.45, 2.75) is 51.4 Å². The second-order valence-corrected chi connectivity index (χ2v) is 4.37. The summed E-state index contributed by atoms with van der Waals surface area (Å²) in [6.45, 7) is 0. The summed E-state index contributed by atoms with van der Waals surface area (Å²) in [5, 5.41) is 0. The van der Waals surface area contributed by atoms with Gasteiger partial charge in [0.05, 0.1) is 0 Å². The lowest BCUT2D eigenvalue weighted by Crippen LogP contribution is -2.21. The Hall–Kier alpha value is 0. The smallest absolute Gasteiger partial charge is 0.0352 e. The normalized spacial score (nSPS) is 29.0. The Bertz CT molecular complexity index is 100. The van der Waals surface area contributed by atoms with E-state index in [1.807, 2.05) is 0 Å². The summed E-state index contributed by atoms with van der Waals surface area (Å²) in [6, 6.07) is 0. The predicted octanol–water partition coefficient (Wildman–Crippen LogP) is 3.78. The topological polar surface area (TPSA) is 0 Å². The maximum atomic E-state index is 2.59. The second kappa shape index (κ2) is 4.30. The number of hydrogen-bond acceptors (Lipinski definition) is 0. The van der Waals surface area contributed by atoms with Crippen LogP contribution < -0.4 is 0 Å². The average molecular weight is 164 g/mol. The minimum Gasteiger partial charge on any atom is -0.0530 e. The summed E-state index contributed by atoms with van der Waals surface area (Å²) in [4.78, 5) is 0. The van der Waals surface area contributed by atoms with Crippen LogP contribution >= 0.6 is 0 Å². The monoisotopic (exact) mass is 164 g/mol. The van der Waals surface area contributed by atoms with E-state index in [1.165, 1.54) is 51.4 Å². The molecule has 0 aromatic heterocycles. The van der Waals surface area contributed by atoms with Gasteiger partial charge in [-0.25, -0.2) is 0 Å². The van der Waals surface area contributed by atoms with Crippen molar-refractivity contribution in [2.24, 2.45) is 11.8 Å². The summed E-state index contributed by atoms with van der Waals surface area (Å²) >= 11 is 0. The zero-order chi connectivity index (χ0) is 8.23. The van der Waals surface area contributed by atoms with E-state index in [0.717, 1.165) is 11.8 Å². The highest BCUT2D eigenvalue weighted by molar-refractivity contribution is 4.93. The highest BCUT2D eigenvalue weighted by Gasteiger charge is 2.24. The summed E-state index contributed by atoms with van der Waals surface area (Å²) in [7, 11) is 0. The molecule has 68 valence electrons. The molecular weight excluding hydrogens is 144 g/mol. The van der Waals surface area contributed by atoms with E-state index >= 15 is 0 Å². The first kappa shape index (κ1) is 8.59. The quantitative estimate of drug-likeness (QED) is 0.553. The molecule has 2 atom stereocenters. The Kier molecular flexibility index (Phi) is 3.08. The third-order valence-electron chi connectivity index (χ3n) is 3.47. The molecule has 2 fully saturated rings. The molecule has 0 heterocycles. The van der Waals surface area contributed by atoms with Crippen molar-refractivity contribution in [2.75, 3.05) is 0 Å². The molecule has 0 nitrogen and oxygen atoms in total. The maximum absolute atomic E-state index is 2.59. The van der Waals surface area contributed by atoms with Gasteiger partial charge in [0.2, 0.25) is 0 Å². The predicted molar refractivity (Wildman–Crippen MR) is 52.5 cm³/mol. The Labute approximate surface area is 76.7 Å². The van der Waals surface area contributed by atoms with Gasteiger partial charge in [-0.1, -0.05) is 25.7 Å². The Morgan fingerprint density at radius 3 is 1.50 bits per heavy atom. The molecule has 2 rings (SSSR count). The van der Waals surface area contributed by atoms with Crippen LogP contribution in [0.15, 0.2) is 0 Å². The van der Waals surface area contributed by atoms with E-state index in [-0.39, 0.29) is 0 Å². The molecule has 0 N–H and O–H groups in total. The zero-order valence-electron chi connectivity index (χ0n) is 7.97. The van der Waals surface area contributed by atoms with Gasteiger partial charge >= 0.3 is 0 Å². The van der Waals surface area contributed by atoms with Crippen molar-refractivity contribution in [3.8, 4) is 0 Å². The van der Waals surface area contributed by atoms with Gasteiger partial charge < -0.3 is 0 Å². The molecule has 2 aliphatic carbocycles. The highest BCUT2D eigenvalue weighted by Crippen LogP contribution is 2.36. The molecule has 2 aliphatic rings. The molecule has 2 saturated carbocycles. The molecule has 12 heavy (non-hydrogen) atoms. The van der Waals surface area contributed by atoms with Gasteiger partial charge in [0.1, 0.15) is 0 Å². The third kappa shape index (κ3) is 2.02. The van der Waals surface area contributed by atoms with Gasteiger partial charge in [0.15, 0.2) is 0 Å². The molecular formula is C12H20. The van der Waals surface area contributed by atoms with Gasteiger partial charge in [-0.05, 0) is 50.4 Å². The van der Waals surface area contributed by atoms with Crippen LogP contribution in [0, 0.1) is 24.7 Å². The van der Waals surface area contributed by atoms with E-state index in [1.54, 1.807) is 0 Å². The first-order valence-electron chi connectivity index (χ1n) is 5.63. The number of hydrogen-bond donors (Lipinski definition) is 0. The van der Waals surface area contributed by atoms with Crippen LogP contribution in [0.25, 0.3) is 0 Å². The average Bonchev–Trinajstić information content (AvgIpc) is 2.21. The molecule has 2 unspecified atom stereocenters. The Morgan fingerprint density at radius 1 is 0.667 bits per heavy atom. The van der Waals surface area contributed by atoms with E-state index in [9.17, 15) is 0 Å². The van der Waals surface area contributed by atoms with E-state index in [4.69, 9.17) is 0 Å². The lowest BCUT2D eigenvalue weighted by Gasteiger charge is -2.32. The first-order valence-corrected chi connectivity index (χ1v) is 5.63. The van der Waals surface area contributed by atoms with Crippen LogP contribution in [-0.4, -0.2) is 0 Å². The molecule has 0 spiro atoms. The van der Waals surface area contributed by atoms with Gasteiger partial charge in [0, 0.05) is 0 Å². The summed E-state index contributed by atoms with van der Waals surface area (Å²) in [5.74, 6) is 1.91. The minimum absolute atomic E-state index is 0.957. The summed E-state index contributed by atoms with van der Waals surface area (Å²) in [5.41, 5.74) is 0. The lowest BCUT2D eigenvalue weighted by molar-refractivity contribution is 0.293. The highest BCUT2D eigenvalue weighted by atomic mass is 14.3. The van der Waals surface area contributed by atoms with Crippen molar-refractivity contribution in [1.82, 2.24) is 0 Å². The van der Waals surface area contributed by atoms with E-state index in [2.05, 4.69) is 12.8 Å². The van der Waals surface area contributed by atoms with Crippen LogP contribution in [0.4, 0.5) is 0 Å². The van der Waals surface area contributed by atoms with Gasteiger partial charge in [-0.3, -0.25) is 0 Å². The zero-order valence-corrected chi connectivity index (χ0v) is 7.97. The lowest BCUT2D eigenvalue weighted by atomic mass is 9.73. The Morgan fingerprint density at radius 2 is 1.17 bits per heavy atom. The molecule has 0 aliphatic heterocycles. The molecule has 0 amide bonds. The summed E-state index contributed by atoms with van der Waals surface area (Å²) < 4.78 is 0. The maximum Gasteiger partial charge on any atom is -0.0352 e. The first-order chi connectivity index (χ1) is 5.97.